The fraction of sp³-hybridized carbons (Fsp3) is 0.222. The van der Waals surface area contributed by atoms with Gasteiger partial charge in [0.2, 0.25) is 0 Å². The van der Waals surface area contributed by atoms with Crippen molar-refractivity contribution in [1.29, 1.82) is 0 Å². The number of fused-ring (bicyclic) bond motifs is 1. The van der Waals surface area contributed by atoms with Gasteiger partial charge in [0.05, 0.1) is 0 Å². The molecule has 1 aromatic carbocycles. The average Bonchev–Trinajstić information content (AvgIpc) is 3.14. The van der Waals surface area contributed by atoms with Crippen LogP contribution >= 0.6 is 11.3 Å². The van der Waals surface area contributed by atoms with Crippen LogP contribution in [0.1, 0.15) is 9.67 Å². The van der Waals surface area contributed by atoms with Crippen molar-refractivity contribution in [2.75, 3.05) is 26.4 Å². The molecule has 0 atom stereocenters. The van der Waals surface area contributed by atoms with Crippen LogP contribution < -0.4 is 14.8 Å². The average molecular weight is 359 g/mol. The molecular formula is C18H17NO5S. The molecule has 0 aliphatic carbocycles. The van der Waals surface area contributed by atoms with Crippen molar-refractivity contribution in [2.45, 2.75) is 0 Å². The van der Waals surface area contributed by atoms with Gasteiger partial charge in [-0.15, -0.1) is 17.9 Å². The Morgan fingerprint density at radius 2 is 2.00 bits per heavy atom. The first kappa shape index (κ1) is 17.0. The summed E-state index contributed by atoms with van der Waals surface area (Å²) in [6.45, 7) is 4.58. The third-order valence-electron chi connectivity index (χ3n) is 3.41. The van der Waals surface area contributed by atoms with Crippen LogP contribution in [0.5, 0.6) is 11.5 Å². The number of benzene rings is 1. The molecule has 0 saturated heterocycles. The molecule has 0 fully saturated rings. The third-order valence-corrected chi connectivity index (χ3v) is 4.53. The highest BCUT2D eigenvalue weighted by Crippen LogP contribution is 2.36. The van der Waals surface area contributed by atoms with E-state index in [-0.39, 0.29) is 12.5 Å². The molecule has 1 amide bonds. The second-order valence-electron chi connectivity index (χ2n) is 5.19. The molecule has 0 radical (unpaired) electrons. The molecule has 1 aromatic heterocycles. The van der Waals surface area contributed by atoms with E-state index in [0.29, 0.717) is 30.4 Å². The predicted molar refractivity (Wildman–Crippen MR) is 94.2 cm³/mol. The van der Waals surface area contributed by atoms with Crippen molar-refractivity contribution >= 4 is 23.2 Å². The first-order valence-corrected chi connectivity index (χ1v) is 8.53. The highest BCUT2D eigenvalue weighted by atomic mass is 32.1. The van der Waals surface area contributed by atoms with E-state index in [1.54, 1.807) is 12.1 Å². The largest absolute Gasteiger partial charge is 0.486 e. The molecule has 0 saturated carbocycles. The van der Waals surface area contributed by atoms with Crippen molar-refractivity contribution in [3.05, 3.63) is 47.9 Å². The van der Waals surface area contributed by atoms with Gasteiger partial charge in [0.25, 0.3) is 5.91 Å². The van der Waals surface area contributed by atoms with Crippen molar-refractivity contribution in [2.24, 2.45) is 0 Å². The van der Waals surface area contributed by atoms with E-state index in [9.17, 15) is 9.59 Å². The fourth-order valence-corrected chi connectivity index (χ4v) is 3.13. The van der Waals surface area contributed by atoms with E-state index in [4.69, 9.17) is 14.2 Å². The topological polar surface area (TPSA) is 73.9 Å². The first-order valence-electron chi connectivity index (χ1n) is 7.72. The summed E-state index contributed by atoms with van der Waals surface area (Å²) >= 11 is 1.30. The number of nitrogens with one attached hydrogen (secondary N) is 1. The molecule has 3 rings (SSSR count). The molecule has 7 heteroatoms. The number of ether oxygens (including phenoxy) is 3. The van der Waals surface area contributed by atoms with E-state index in [0.717, 1.165) is 16.2 Å². The minimum atomic E-state index is -0.525. The highest BCUT2D eigenvalue weighted by molar-refractivity contribution is 7.17. The Labute approximate surface area is 149 Å². The second kappa shape index (κ2) is 7.85. The van der Waals surface area contributed by atoms with E-state index >= 15 is 0 Å². The molecule has 25 heavy (non-hydrogen) atoms. The number of hydrogen-bond donors (Lipinski definition) is 1. The number of hydrogen-bond acceptors (Lipinski definition) is 6. The van der Waals surface area contributed by atoms with Gasteiger partial charge in [-0.25, -0.2) is 4.79 Å². The molecule has 0 spiro atoms. The van der Waals surface area contributed by atoms with Gasteiger partial charge in [0.1, 0.15) is 18.1 Å². The predicted octanol–water partition coefficient (Wildman–Crippen LogP) is 2.65. The molecule has 0 bridgehead atoms. The summed E-state index contributed by atoms with van der Waals surface area (Å²) in [5, 5.41) is 2.54. The Kier molecular flexibility index (Phi) is 5.35. The van der Waals surface area contributed by atoms with Crippen molar-refractivity contribution in [1.82, 2.24) is 5.32 Å². The van der Waals surface area contributed by atoms with Crippen LogP contribution in [0.15, 0.2) is 43.0 Å². The Hall–Kier alpha value is -2.80. The van der Waals surface area contributed by atoms with Crippen molar-refractivity contribution in [3.63, 3.8) is 0 Å². The lowest BCUT2D eigenvalue weighted by Gasteiger charge is -2.18. The van der Waals surface area contributed by atoms with Gasteiger partial charge < -0.3 is 19.5 Å². The molecule has 0 unspecified atom stereocenters. The van der Waals surface area contributed by atoms with Crippen molar-refractivity contribution < 1.29 is 23.8 Å². The lowest BCUT2D eigenvalue weighted by Crippen LogP contribution is -2.28. The molecule has 2 aromatic rings. The van der Waals surface area contributed by atoms with Gasteiger partial charge in [-0.1, -0.05) is 6.08 Å². The molecule has 1 aliphatic heterocycles. The summed E-state index contributed by atoms with van der Waals surface area (Å²) in [4.78, 5) is 24.8. The first-order chi connectivity index (χ1) is 12.2. The molecule has 130 valence electrons. The maximum Gasteiger partial charge on any atom is 0.348 e. The second-order valence-corrected chi connectivity index (χ2v) is 6.27. The molecule has 6 nitrogen and oxygen atoms in total. The molecule has 2 heterocycles. The summed E-state index contributed by atoms with van der Waals surface area (Å²) in [5.41, 5.74) is 0.928. The Balaban J connectivity index is 1.65. The standard InChI is InChI=1S/C18H17NO5S/c1-2-7-19-17(20)11-24-18(21)16-6-5-15(25-16)12-3-4-13-14(10-12)23-9-8-22-13/h2-6,10H,1,7-9,11H2,(H,19,20). The maximum atomic E-state index is 12.0. The van der Waals surface area contributed by atoms with Gasteiger partial charge in [0, 0.05) is 11.4 Å². The van der Waals surface area contributed by atoms with Gasteiger partial charge in [-0.3, -0.25) is 4.79 Å². The van der Waals surface area contributed by atoms with Gasteiger partial charge >= 0.3 is 5.97 Å². The Morgan fingerprint density at radius 3 is 2.80 bits per heavy atom. The lowest BCUT2D eigenvalue weighted by atomic mass is 10.1. The number of carbonyl (C=O) groups is 2. The zero-order valence-electron chi connectivity index (χ0n) is 13.4. The van der Waals surface area contributed by atoms with Gasteiger partial charge in [-0.2, -0.15) is 0 Å². The van der Waals surface area contributed by atoms with Crippen LogP contribution in [0.4, 0.5) is 0 Å². The summed E-state index contributed by atoms with van der Waals surface area (Å²) < 4.78 is 16.1. The van der Waals surface area contributed by atoms with E-state index < -0.39 is 5.97 Å². The normalized spacial score (nSPS) is 12.3. The van der Waals surface area contributed by atoms with Crippen LogP contribution in [0, 0.1) is 0 Å². The molecule has 1 aliphatic rings. The number of rotatable bonds is 6. The smallest absolute Gasteiger partial charge is 0.348 e. The van der Waals surface area contributed by atoms with Crippen molar-refractivity contribution in [3.8, 4) is 21.9 Å². The van der Waals surface area contributed by atoms with E-state index in [1.165, 1.54) is 11.3 Å². The van der Waals surface area contributed by atoms with E-state index in [1.807, 2.05) is 24.3 Å². The number of carbonyl (C=O) groups excluding carboxylic acids is 2. The SMILES string of the molecule is C=CCNC(=O)COC(=O)c1ccc(-c2ccc3c(c2)OCCO3)s1. The highest BCUT2D eigenvalue weighted by Gasteiger charge is 2.16. The minimum Gasteiger partial charge on any atom is -0.486 e. The number of thiophene rings is 1. The Morgan fingerprint density at radius 1 is 1.20 bits per heavy atom. The third kappa shape index (κ3) is 4.19. The summed E-state index contributed by atoms with van der Waals surface area (Å²) in [7, 11) is 0. The zero-order valence-corrected chi connectivity index (χ0v) is 14.3. The minimum absolute atomic E-state index is 0.316. The summed E-state index contributed by atoms with van der Waals surface area (Å²) in [5.74, 6) is 0.524. The zero-order chi connectivity index (χ0) is 17.6. The Bertz CT molecular complexity index is 799. The molecular weight excluding hydrogens is 342 g/mol. The van der Waals surface area contributed by atoms with Crippen LogP contribution in [-0.2, 0) is 9.53 Å². The van der Waals surface area contributed by atoms with Crippen LogP contribution in [0.2, 0.25) is 0 Å². The summed E-state index contributed by atoms with van der Waals surface area (Å²) in [6.07, 6.45) is 1.55. The summed E-state index contributed by atoms with van der Waals surface area (Å²) in [6, 6.07) is 9.17. The van der Waals surface area contributed by atoms with Crippen LogP contribution in [-0.4, -0.2) is 38.2 Å². The van der Waals surface area contributed by atoms with Gasteiger partial charge in [-0.05, 0) is 35.9 Å². The fourth-order valence-electron chi connectivity index (χ4n) is 2.24. The lowest BCUT2D eigenvalue weighted by molar-refractivity contribution is -0.124. The van der Waals surface area contributed by atoms with Crippen LogP contribution in [0.3, 0.4) is 0 Å². The quantitative estimate of drug-likeness (QED) is 0.634. The monoisotopic (exact) mass is 359 g/mol. The van der Waals surface area contributed by atoms with Gasteiger partial charge in [0.15, 0.2) is 18.1 Å². The number of amides is 1. The maximum absolute atomic E-state index is 12.0. The van der Waals surface area contributed by atoms with Crippen LogP contribution in [0.25, 0.3) is 10.4 Å². The molecule has 1 N–H and O–H groups in total. The van der Waals surface area contributed by atoms with E-state index in [2.05, 4.69) is 11.9 Å². The number of esters is 1.